The first-order valence-corrected chi connectivity index (χ1v) is 10.9. The molecule has 4 rings (SSSR count). The van der Waals surface area contributed by atoms with Gasteiger partial charge in [-0.3, -0.25) is 4.79 Å². The van der Waals surface area contributed by atoms with Crippen LogP contribution in [-0.4, -0.2) is 24.2 Å². The summed E-state index contributed by atoms with van der Waals surface area (Å²) in [6, 6.07) is 27.7. The third kappa shape index (κ3) is 5.66. The summed E-state index contributed by atoms with van der Waals surface area (Å²) in [6.45, 7) is 3.52. The minimum Gasteiger partial charge on any atom is -0.481 e. The average Bonchev–Trinajstić information content (AvgIpc) is 2.85. The van der Waals surface area contributed by atoms with Gasteiger partial charge in [-0.15, -0.1) is 0 Å². The Labute approximate surface area is 197 Å². The van der Waals surface area contributed by atoms with Gasteiger partial charge in [0, 0.05) is 0 Å². The standard InChI is InChI=1S/C28H24N2O4/c1-19-7-3-6-10-26(19)28(32)34-24-14-11-21(12-15-24)18-29-30-27(31)20(2)33-25-16-13-22-8-4-5-9-23(22)17-25/h3-18,20H,1-2H3,(H,30,31). The van der Waals surface area contributed by atoms with Crippen molar-refractivity contribution in [2.75, 3.05) is 0 Å². The molecule has 4 aromatic carbocycles. The van der Waals surface area contributed by atoms with Gasteiger partial charge in [0.2, 0.25) is 0 Å². The van der Waals surface area contributed by atoms with Crippen LogP contribution in [0.25, 0.3) is 10.8 Å². The molecule has 1 atom stereocenters. The van der Waals surface area contributed by atoms with E-state index in [4.69, 9.17) is 9.47 Å². The number of hydrogen-bond donors (Lipinski definition) is 1. The number of rotatable bonds is 7. The molecule has 170 valence electrons. The van der Waals surface area contributed by atoms with E-state index in [1.165, 1.54) is 6.21 Å². The normalized spacial score (nSPS) is 11.8. The molecule has 0 aromatic heterocycles. The molecule has 0 radical (unpaired) electrons. The van der Waals surface area contributed by atoms with E-state index in [-0.39, 0.29) is 5.91 Å². The van der Waals surface area contributed by atoms with Crippen molar-refractivity contribution in [1.82, 2.24) is 5.43 Å². The fourth-order valence-electron chi connectivity index (χ4n) is 3.35. The van der Waals surface area contributed by atoms with Crippen molar-refractivity contribution >= 4 is 28.9 Å². The van der Waals surface area contributed by atoms with Crippen molar-refractivity contribution < 1.29 is 19.1 Å². The lowest BCUT2D eigenvalue weighted by Gasteiger charge is -2.13. The number of ether oxygens (including phenoxy) is 2. The molecule has 6 nitrogen and oxygen atoms in total. The summed E-state index contributed by atoms with van der Waals surface area (Å²) in [5.74, 6) is 0.258. The number of esters is 1. The average molecular weight is 453 g/mol. The minimum absolute atomic E-state index is 0.367. The van der Waals surface area contributed by atoms with Crippen molar-refractivity contribution in [3.8, 4) is 11.5 Å². The van der Waals surface area contributed by atoms with Gasteiger partial charge in [-0.25, -0.2) is 10.2 Å². The molecule has 0 saturated heterocycles. The zero-order valence-corrected chi connectivity index (χ0v) is 18.9. The van der Waals surface area contributed by atoms with E-state index < -0.39 is 12.1 Å². The number of carbonyl (C=O) groups excluding carboxylic acids is 2. The monoisotopic (exact) mass is 452 g/mol. The highest BCUT2D eigenvalue weighted by molar-refractivity contribution is 5.92. The SMILES string of the molecule is Cc1ccccc1C(=O)Oc1ccc(C=NNC(=O)C(C)Oc2ccc3ccccc3c2)cc1. The van der Waals surface area contributed by atoms with Crippen molar-refractivity contribution in [3.63, 3.8) is 0 Å². The zero-order chi connectivity index (χ0) is 23.9. The summed E-state index contributed by atoms with van der Waals surface area (Å²) in [7, 11) is 0. The summed E-state index contributed by atoms with van der Waals surface area (Å²) < 4.78 is 11.2. The molecule has 34 heavy (non-hydrogen) atoms. The highest BCUT2D eigenvalue weighted by atomic mass is 16.5. The molecule has 0 heterocycles. The molecule has 1 N–H and O–H groups in total. The van der Waals surface area contributed by atoms with Crippen LogP contribution in [0.1, 0.15) is 28.4 Å². The van der Waals surface area contributed by atoms with Gasteiger partial charge in [-0.2, -0.15) is 5.10 Å². The predicted octanol–water partition coefficient (Wildman–Crippen LogP) is 5.29. The molecule has 4 aromatic rings. The second-order valence-electron chi connectivity index (χ2n) is 7.78. The largest absolute Gasteiger partial charge is 0.481 e. The molecule has 0 aliphatic rings. The molecule has 0 spiro atoms. The summed E-state index contributed by atoms with van der Waals surface area (Å²) in [4.78, 5) is 24.6. The van der Waals surface area contributed by atoms with Crippen LogP contribution in [0, 0.1) is 6.92 Å². The Morgan fingerprint density at radius 3 is 2.29 bits per heavy atom. The molecular formula is C28H24N2O4. The predicted molar refractivity (Wildman–Crippen MR) is 132 cm³/mol. The Hall–Kier alpha value is -4.45. The van der Waals surface area contributed by atoms with Crippen molar-refractivity contribution in [1.29, 1.82) is 0 Å². The number of hydrazone groups is 1. The van der Waals surface area contributed by atoms with Crippen LogP contribution in [-0.2, 0) is 4.79 Å². The zero-order valence-electron chi connectivity index (χ0n) is 18.9. The number of benzene rings is 4. The molecule has 0 saturated carbocycles. The third-order valence-corrected chi connectivity index (χ3v) is 5.25. The molecule has 1 unspecified atom stereocenters. The van der Waals surface area contributed by atoms with E-state index in [1.54, 1.807) is 43.3 Å². The molecular weight excluding hydrogens is 428 g/mol. The van der Waals surface area contributed by atoms with Gasteiger partial charge in [0.15, 0.2) is 6.10 Å². The van der Waals surface area contributed by atoms with Gasteiger partial charge >= 0.3 is 5.97 Å². The Kier molecular flexibility index (Phi) is 6.98. The summed E-state index contributed by atoms with van der Waals surface area (Å²) in [5.41, 5.74) is 4.59. The number of aryl methyl sites for hydroxylation is 1. The van der Waals surface area contributed by atoms with Crippen LogP contribution in [0.5, 0.6) is 11.5 Å². The lowest BCUT2D eigenvalue weighted by atomic mass is 10.1. The Morgan fingerprint density at radius 1 is 0.853 bits per heavy atom. The number of hydrogen-bond acceptors (Lipinski definition) is 5. The molecule has 0 aliphatic heterocycles. The van der Waals surface area contributed by atoms with Crippen molar-refractivity contribution in [3.05, 3.63) is 108 Å². The van der Waals surface area contributed by atoms with Crippen LogP contribution < -0.4 is 14.9 Å². The topological polar surface area (TPSA) is 77.0 Å². The molecule has 1 amide bonds. The van der Waals surface area contributed by atoms with E-state index in [0.29, 0.717) is 17.1 Å². The summed E-state index contributed by atoms with van der Waals surface area (Å²) in [5, 5.41) is 6.14. The first kappa shape index (κ1) is 22.7. The van der Waals surface area contributed by atoms with Crippen LogP contribution >= 0.6 is 0 Å². The summed E-state index contributed by atoms with van der Waals surface area (Å²) in [6.07, 6.45) is 0.787. The van der Waals surface area contributed by atoms with E-state index >= 15 is 0 Å². The van der Waals surface area contributed by atoms with E-state index in [1.807, 2.05) is 61.5 Å². The quantitative estimate of drug-likeness (QED) is 0.179. The summed E-state index contributed by atoms with van der Waals surface area (Å²) >= 11 is 0. The molecule has 0 aliphatic carbocycles. The van der Waals surface area contributed by atoms with Crippen LogP contribution in [0.2, 0.25) is 0 Å². The van der Waals surface area contributed by atoms with E-state index in [2.05, 4.69) is 10.5 Å². The van der Waals surface area contributed by atoms with Crippen molar-refractivity contribution in [2.45, 2.75) is 20.0 Å². The van der Waals surface area contributed by atoms with Crippen LogP contribution in [0.3, 0.4) is 0 Å². The maximum atomic E-state index is 12.3. The number of nitrogens with zero attached hydrogens (tertiary/aromatic N) is 1. The second-order valence-corrected chi connectivity index (χ2v) is 7.78. The number of nitrogens with one attached hydrogen (secondary N) is 1. The second kappa shape index (κ2) is 10.4. The molecule has 0 fully saturated rings. The molecule has 0 bridgehead atoms. The van der Waals surface area contributed by atoms with Gasteiger partial charge in [0.1, 0.15) is 11.5 Å². The highest BCUT2D eigenvalue weighted by Crippen LogP contribution is 2.21. The number of carbonyl (C=O) groups is 2. The van der Waals surface area contributed by atoms with Crippen LogP contribution in [0.15, 0.2) is 96.1 Å². The first-order chi connectivity index (χ1) is 16.5. The number of amides is 1. The smallest absolute Gasteiger partial charge is 0.343 e. The van der Waals surface area contributed by atoms with Gasteiger partial charge < -0.3 is 9.47 Å². The fourth-order valence-corrected chi connectivity index (χ4v) is 3.35. The van der Waals surface area contributed by atoms with Gasteiger partial charge in [-0.05, 0) is 78.2 Å². The Morgan fingerprint density at radius 2 is 1.53 bits per heavy atom. The maximum absolute atomic E-state index is 12.3. The van der Waals surface area contributed by atoms with Crippen LogP contribution in [0.4, 0.5) is 0 Å². The lowest BCUT2D eigenvalue weighted by molar-refractivity contribution is -0.127. The van der Waals surface area contributed by atoms with Gasteiger partial charge in [0.25, 0.3) is 5.91 Å². The molecule has 6 heteroatoms. The maximum Gasteiger partial charge on any atom is 0.343 e. The van der Waals surface area contributed by atoms with Gasteiger partial charge in [-0.1, -0.05) is 48.5 Å². The number of fused-ring (bicyclic) bond motifs is 1. The third-order valence-electron chi connectivity index (χ3n) is 5.25. The highest BCUT2D eigenvalue weighted by Gasteiger charge is 2.14. The Balaban J connectivity index is 1.29. The minimum atomic E-state index is -0.721. The first-order valence-electron chi connectivity index (χ1n) is 10.9. The van der Waals surface area contributed by atoms with Gasteiger partial charge in [0.05, 0.1) is 11.8 Å². The lowest BCUT2D eigenvalue weighted by Crippen LogP contribution is -2.33. The Bertz CT molecular complexity index is 1350. The van der Waals surface area contributed by atoms with Crippen molar-refractivity contribution in [2.24, 2.45) is 5.10 Å². The van der Waals surface area contributed by atoms with E-state index in [9.17, 15) is 9.59 Å². The fraction of sp³-hybridized carbons (Fsp3) is 0.107. The van der Waals surface area contributed by atoms with E-state index in [0.717, 1.165) is 21.9 Å².